The highest BCUT2D eigenvalue weighted by Crippen LogP contribution is 2.32. The average molecular weight is 397 g/mol. The lowest BCUT2D eigenvalue weighted by Gasteiger charge is -2.04. The molecular weight excluding hydrogens is 392 g/mol. The second-order valence-corrected chi connectivity index (χ2v) is 6.51. The summed E-state index contributed by atoms with van der Waals surface area (Å²) in [6.45, 7) is 0. The maximum atomic E-state index is 13.4. The van der Waals surface area contributed by atoms with Gasteiger partial charge in [-0.05, 0) is 50.1 Å². The third kappa shape index (κ3) is 2.78. The van der Waals surface area contributed by atoms with Crippen LogP contribution < -0.4 is 5.32 Å². The number of nitrogens with one attached hydrogen (secondary N) is 1. The number of anilines is 1. The third-order valence-electron chi connectivity index (χ3n) is 2.07. The Hall–Kier alpha value is -0.790. The molecule has 0 unspecified atom stereocenters. The molecule has 1 aromatic heterocycles. The lowest BCUT2D eigenvalue weighted by Crippen LogP contribution is -2.11. The Balaban J connectivity index is 2.24. The topological polar surface area (TPSA) is 29.1 Å². The SMILES string of the molecule is O=C(Nc1cccc(F)c1F)c1cc(Br)c(Br)s1. The fourth-order valence-electron chi connectivity index (χ4n) is 1.24. The zero-order valence-corrected chi connectivity index (χ0v) is 12.6. The van der Waals surface area contributed by atoms with Gasteiger partial charge in [0.15, 0.2) is 11.6 Å². The zero-order chi connectivity index (χ0) is 13.3. The highest BCUT2D eigenvalue weighted by Gasteiger charge is 2.15. The molecule has 1 N–H and O–H groups in total. The van der Waals surface area contributed by atoms with Crippen LogP contribution in [0.3, 0.4) is 0 Å². The first-order valence-corrected chi connectivity index (χ1v) is 7.09. The lowest BCUT2D eigenvalue weighted by molar-refractivity contribution is 0.103. The first-order valence-electron chi connectivity index (χ1n) is 4.69. The highest BCUT2D eigenvalue weighted by atomic mass is 79.9. The Labute approximate surface area is 122 Å². The normalized spacial score (nSPS) is 10.4. The molecule has 0 saturated carbocycles. The van der Waals surface area contributed by atoms with E-state index in [0.717, 1.165) is 14.3 Å². The minimum absolute atomic E-state index is 0.180. The fraction of sp³-hybridized carbons (Fsp3) is 0. The second kappa shape index (κ2) is 5.46. The monoisotopic (exact) mass is 395 g/mol. The van der Waals surface area contributed by atoms with E-state index in [0.29, 0.717) is 4.88 Å². The van der Waals surface area contributed by atoms with Gasteiger partial charge in [-0.3, -0.25) is 4.79 Å². The van der Waals surface area contributed by atoms with Gasteiger partial charge in [0, 0.05) is 4.47 Å². The van der Waals surface area contributed by atoms with Gasteiger partial charge in [-0.2, -0.15) is 0 Å². The van der Waals surface area contributed by atoms with Gasteiger partial charge >= 0.3 is 0 Å². The average Bonchev–Trinajstić information content (AvgIpc) is 2.66. The number of benzene rings is 1. The molecule has 2 rings (SSSR count). The standard InChI is InChI=1S/C11H5Br2F2NOS/c12-5-4-8(18-10(5)13)11(17)16-7-3-1-2-6(14)9(7)15/h1-4H,(H,16,17). The summed E-state index contributed by atoms with van der Waals surface area (Å²) >= 11 is 7.69. The van der Waals surface area contributed by atoms with Gasteiger partial charge in [0.1, 0.15) is 0 Å². The molecule has 7 heteroatoms. The van der Waals surface area contributed by atoms with Crippen molar-refractivity contribution in [3.63, 3.8) is 0 Å². The molecule has 0 spiro atoms. The predicted octanol–water partition coefficient (Wildman–Crippen LogP) is 4.80. The van der Waals surface area contributed by atoms with Crippen LogP contribution in [0.25, 0.3) is 0 Å². The van der Waals surface area contributed by atoms with Crippen LogP contribution >= 0.6 is 43.2 Å². The van der Waals surface area contributed by atoms with Crippen LogP contribution in [0.1, 0.15) is 9.67 Å². The van der Waals surface area contributed by atoms with Crippen molar-refractivity contribution < 1.29 is 13.6 Å². The van der Waals surface area contributed by atoms with E-state index in [-0.39, 0.29) is 5.69 Å². The summed E-state index contributed by atoms with van der Waals surface area (Å²) in [4.78, 5) is 12.2. The maximum Gasteiger partial charge on any atom is 0.265 e. The molecule has 94 valence electrons. The molecule has 1 amide bonds. The largest absolute Gasteiger partial charge is 0.319 e. The van der Waals surface area contributed by atoms with E-state index in [1.165, 1.54) is 23.5 Å². The highest BCUT2D eigenvalue weighted by molar-refractivity contribution is 9.13. The van der Waals surface area contributed by atoms with Crippen LogP contribution in [0.2, 0.25) is 0 Å². The maximum absolute atomic E-state index is 13.4. The Bertz CT molecular complexity index is 596. The number of hydrogen-bond donors (Lipinski definition) is 1. The molecule has 0 saturated heterocycles. The number of rotatable bonds is 2. The Morgan fingerprint density at radius 3 is 2.61 bits per heavy atom. The van der Waals surface area contributed by atoms with Crippen LogP contribution in [0.5, 0.6) is 0 Å². The molecule has 0 aliphatic carbocycles. The molecule has 2 nitrogen and oxygen atoms in total. The summed E-state index contributed by atoms with van der Waals surface area (Å²) in [5, 5.41) is 2.32. The predicted molar refractivity (Wildman–Crippen MR) is 74.0 cm³/mol. The number of carbonyl (C=O) groups excluding carboxylic acids is 1. The Morgan fingerprint density at radius 1 is 1.28 bits per heavy atom. The minimum Gasteiger partial charge on any atom is -0.319 e. The molecule has 0 aliphatic heterocycles. The quantitative estimate of drug-likeness (QED) is 0.775. The number of carbonyl (C=O) groups is 1. The second-order valence-electron chi connectivity index (χ2n) is 3.29. The molecule has 0 radical (unpaired) electrons. The van der Waals surface area contributed by atoms with Crippen molar-refractivity contribution in [2.75, 3.05) is 5.32 Å². The van der Waals surface area contributed by atoms with Crippen molar-refractivity contribution in [1.82, 2.24) is 0 Å². The lowest BCUT2D eigenvalue weighted by atomic mass is 10.3. The summed E-state index contributed by atoms with van der Waals surface area (Å²) in [6.07, 6.45) is 0. The minimum atomic E-state index is -1.07. The van der Waals surface area contributed by atoms with Crippen LogP contribution in [0, 0.1) is 11.6 Å². The molecule has 0 aliphatic rings. The van der Waals surface area contributed by atoms with Crippen molar-refractivity contribution in [3.8, 4) is 0 Å². The van der Waals surface area contributed by atoms with Crippen molar-refractivity contribution in [3.05, 3.63) is 49.0 Å². The smallest absolute Gasteiger partial charge is 0.265 e. The molecule has 1 aromatic carbocycles. The molecule has 18 heavy (non-hydrogen) atoms. The van der Waals surface area contributed by atoms with Crippen LogP contribution in [0.15, 0.2) is 32.5 Å². The number of amides is 1. The van der Waals surface area contributed by atoms with E-state index >= 15 is 0 Å². The number of thiophene rings is 1. The van der Waals surface area contributed by atoms with Gasteiger partial charge in [-0.25, -0.2) is 8.78 Å². The zero-order valence-electron chi connectivity index (χ0n) is 8.64. The van der Waals surface area contributed by atoms with E-state index in [2.05, 4.69) is 37.2 Å². The van der Waals surface area contributed by atoms with Gasteiger partial charge in [-0.15, -0.1) is 11.3 Å². The number of hydrogen-bond acceptors (Lipinski definition) is 2. The molecule has 0 bridgehead atoms. The third-order valence-corrected chi connectivity index (χ3v) is 5.32. The van der Waals surface area contributed by atoms with E-state index in [1.807, 2.05) is 0 Å². The fourth-order valence-corrected chi connectivity index (χ4v) is 3.17. The van der Waals surface area contributed by atoms with Gasteiger partial charge in [-0.1, -0.05) is 6.07 Å². The first-order chi connectivity index (χ1) is 8.49. The summed E-state index contributed by atoms with van der Waals surface area (Å²) in [6, 6.07) is 5.22. The molecule has 0 fully saturated rings. The van der Waals surface area contributed by atoms with E-state index in [4.69, 9.17) is 0 Å². The van der Waals surface area contributed by atoms with E-state index < -0.39 is 17.5 Å². The van der Waals surface area contributed by atoms with Crippen LogP contribution in [0.4, 0.5) is 14.5 Å². The van der Waals surface area contributed by atoms with Gasteiger partial charge in [0.2, 0.25) is 0 Å². The van der Waals surface area contributed by atoms with Crippen LogP contribution in [-0.2, 0) is 0 Å². The van der Waals surface area contributed by atoms with Crippen molar-refractivity contribution in [2.45, 2.75) is 0 Å². The Morgan fingerprint density at radius 2 is 2.00 bits per heavy atom. The van der Waals surface area contributed by atoms with Gasteiger partial charge in [0.05, 0.1) is 14.4 Å². The van der Waals surface area contributed by atoms with Crippen molar-refractivity contribution in [2.24, 2.45) is 0 Å². The van der Waals surface area contributed by atoms with E-state index in [9.17, 15) is 13.6 Å². The molecular formula is C11H5Br2F2NOS. The van der Waals surface area contributed by atoms with Crippen molar-refractivity contribution >= 4 is 54.8 Å². The van der Waals surface area contributed by atoms with Crippen molar-refractivity contribution in [1.29, 1.82) is 0 Å². The van der Waals surface area contributed by atoms with Gasteiger partial charge < -0.3 is 5.32 Å². The molecule has 2 aromatic rings. The van der Waals surface area contributed by atoms with Gasteiger partial charge in [0.25, 0.3) is 5.91 Å². The first kappa shape index (κ1) is 13.6. The summed E-state index contributed by atoms with van der Waals surface area (Å²) < 4.78 is 27.8. The van der Waals surface area contributed by atoms with Crippen LogP contribution in [-0.4, -0.2) is 5.91 Å². The van der Waals surface area contributed by atoms with E-state index in [1.54, 1.807) is 6.07 Å². The summed E-state index contributed by atoms with van der Waals surface area (Å²) in [5.74, 6) is -2.56. The molecule has 1 heterocycles. The summed E-state index contributed by atoms with van der Waals surface area (Å²) in [5.41, 5.74) is -0.180. The molecule has 0 atom stereocenters. The number of halogens is 4. The summed E-state index contributed by atoms with van der Waals surface area (Å²) in [7, 11) is 0. The Kier molecular flexibility index (Phi) is 4.14.